The van der Waals surface area contributed by atoms with Gasteiger partial charge < -0.3 is 9.64 Å². The number of ether oxygens (including phenoxy) is 1. The van der Waals surface area contributed by atoms with E-state index in [9.17, 15) is 18.0 Å². The Kier molecular flexibility index (Phi) is 5.87. The van der Waals surface area contributed by atoms with Gasteiger partial charge >= 0.3 is 12.3 Å². The van der Waals surface area contributed by atoms with Crippen molar-refractivity contribution in [1.82, 2.24) is 19.5 Å². The first-order valence-electron chi connectivity index (χ1n) is 10.1. The van der Waals surface area contributed by atoms with Gasteiger partial charge in [0.2, 0.25) is 0 Å². The van der Waals surface area contributed by atoms with Crippen molar-refractivity contribution in [3.63, 3.8) is 0 Å². The second-order valence-corrected chi connectivity index (χ2v) is 9.34. The number of halogens is 3. The summed E-state index contributed by atoms with van der Waals surface area (Å²) in [5.74, 6) is -0.397. The highest BCUT2D eigenvalue weighted by Crippen LogP contribution is 2.43. The standard InChI is InChI=1S/C20H25F3N4O2S/c1-12-9-16(17-11-26(7-8-30-17)19(28)29-2)27-18(24-12)10-15(25-27)13-3-5-14(6-4-13)20(21,22)23/h9-10,13-14,17H,3-8,11H2,1-2H3. The number of rotatable bonds is 2. The Hall–Kier alpha value is -1.97. The molecule has 0 radical (unpaired) electrons. The molecule has 1 saturated carbocycles. The summed E-state index contributed by atoms with van der Waals surface area (Å²) in [7, 11) is 1.38. The van der Waals surface area contributed by atoms with E-state index < -0.39 is 12.1 Å². The van der Waals surface area contributed by atoms with E-state index in [-0.39, 0.29) is 30.1 Å². The number of methoxy groups -OCH3 is 1. The zero-order valence-electron chi connectivity index (χ0n) is 17.0. The van der Waals surface area contributed by atoms with Crippen molar-refractivity contribution in [1.29, 1.82) is 0 Å². The summed E-state index contributed by atoms with van der Waals surface area (Å²) in [5.41, 5.74) is 3.31. The van der Waals surface area contributed by atoms with Crippen LogP contribution in [0.2, 0.25) is 0 Å². The van der Waals surface area contributed by atoms with E-state index >= 15 is 0 Å². The van der Waals surface area contributed by atoms with Gasteiger partial charge in [0.25, 0.3) is 0 Å². The van der Waals surface area contributed by atoms with Crippen LogP contribution in [0.5, 0.6) is 0 Å². The van der Waals surface area contributed by atoms with Gasteiger partial charge in [-0.25, -0.2) is 14.3 Å². The highest BCUT2D eigenvalue weighted by atomic mass is 32.2. The molecule has 6 nitrogen and oxygen atoms in total. The molecular formula is C20H25F3N4O2S. The Morgan fingerprint density at radius 3 is 2.63 bits per heavy atom. The summed E-state index contributed by atoms with van der Waals surface area (Å²) in [6, 6.07) is 3.88. The third-order valence-electron chi connectivity index (χ3n) is 6.04. The fraction of sp³-hybridized carbons (Fsp3) is 0.650. The molecule has 1 amide bonds. The minimum atomic E-state index is -4.11. The molecule has 1 unspecified atom stereocenters. The topological polar surface area (TPSA) is 59.7 Å². The molecule has 1 atom stereocenters. The van der Waals surface area contributed by atoms with Gasteiger partial charge in [-0.1, -0.05) is 0 Å². The van der Waals surface area contributed by atoms with Crippen molar-refractivity contribution in [2.75, 3.05) is 26.0 Å². The normalized spacial score (nSPS) is 25.5. The van der Waals surface area contributed by atoms with Crippen molar-refractivity contribution in [2.45, 2.75) is 50.0 Å². The number of aromatic nitrogens is 3. The van der Waals surface area contributed by atoms with Crippen LogP contribution in [0.15, 0.2) is 12.1 Å². The second-order valence-electron chi connectivity index (χ2n) is 8.03. The van der Waals surface area contributed by atoms with Gasteiger partial charge in [-0.3, -0.25) is 0 Å². The number of thioether (sulfide) groups is 1. The molecule has 0 aromatic carbocycles. The minimum absolute atomic E-state index is 0.0176. The molecule has 2 aliphatic rings. The number of carbonyl (C=O) groups excluding carboxylic acids is 1. The van der Waals surface area contributed by atoms with Gasteiger partial charge in [0.05, 0.1) is 29.7 Å². The van der Waals surface area contributed by atoms with Gasteiger partial charge in [-0.2, -0.15) is 18.3 Å². The number of hydrogen-bond acceptors (Lipinski definition) is 5. The summed E-state index contributed by atoms with van der Waals surface area (Å²) in [4.78, 5) is 18.2. The van der Waals surface area contributed by atoms with E-state index in [1.807, 2.05) is 19.1 Å². The van der Waals surface area contributed by atoms with Gasteiger partial charge in [0, 0.05) is 36.5 Å². The highest BCUT2D eigenvalue weighted by molar-refractivity contribution is 7.99. The van der Waals surface area contributed by atoms with Crippen molar-refractivity contribution >= 4 is 23.5 Å². The summed E-state index contributed by atoms with van der Waals surface area (Å²) in [6.07, 6.45) is -3.20. The molecule has 30 heavy (non-hydrogen) atoms. The van der Waals surface area contributed by atoms with E-state index in [1.165, 1.54) is 7.11 Å². The van der Waals surface area contributed by atoms with Crippen molar-refractivity contribution in [2.24, 2.45) is 5.92 Å². The summed E-state index contributed by atoms with van der Waals surface area (Å²) in [6.45, 7) is 3.06. The molecule has 0 spiro atoms. The lowest BCUT2D eigenvalue weighted by atomic mass is 9.80. The first-order chi connectivity index (χ1) is 14.3. The van der Waals surface area contributed by atoms with Gasteiger partial charge in [0.1, 0.15) is 0 Å². The molecule has 10 heteroatoms. The quantitative estimate of drug-likeness (QED) is 0.673. The Balaban J connectivity index is 1.59. The molecule has 2 aromatic rings. The largest absolute Gasteiger partial charge is 0.453 e. The Morgan fingerprint density at radius 2 is 1.97 bits per heavy atom. The molecule has 0 N–H and O–H groups in total. The fourth-order valence-electron chi connectivity index (χ4n) is 4.42. The van der Waals surface area contributed by atoms with Crippen LogP contribution < -0.4 is 0 Å². The zero-order valence-corrected chi connectivity index (χ0v) is 17.8. The minimum Gasteiger partial charge on any atom is -0.453 e. The molecule has 2 aromatic heterocycles. The second kappa shape index (κ2) is 8.28. The summed E-state index contributed by atoms with van der Waals surface area (Å²) < 4.78 is 45.6. The van der Waals surface area contributed by atoms with E-state index in [2.05, 4.69) is 4.98 Å². The maximum absolute atomic E-state index is 13.0. The number of alkyl halides is 3. The predicted molar refractivity (Wildman–Crippen MR) is 108 cm³/mol. The molecule has 1 saturated heterocycles. The number of hydrogen-bond donors (Lipinski definition) is 0. The first-order valence-corrected chi connectivity index (χ1v) is 11.2. The highest BCUT2D eigenvalue weighted by Gasteiger charge is 2.42. The molecule has 4 rings (SSSR count). The fourth-order valence-corrected chi connectivity index (χ4v) is 5.65. The lowest BCUT2D eigenvalue weighted by Gasteiger charge is -2.31. The number of amides is 1. The first kappa shape index (κ1) is 21.3. The van der Waals surface area contributed by atoms with Gasteiger partial charge in [-0.05, 0) is 38.7 Å². The molecule has 1 aliphatic heterocycles. The third-order valence-corrected chi connectivity index (χ3v) is 7.25. The monoisotopic (exact) mass is 442 g/mol. The SMILES string of the molecule is COC(=O)N1CCSC(c2cc(C)nc3cc(C4CCC(C(F)(F)F)CC4)nn23)C1. The van der Waals surface area contributed by atoms with Gasteiger partial charge in [0.15, 0.2) is 5.65 Å². The van der Waals surface area contributed by atoms with E-state index in [4.69, 9.17) is 9.84 Å². The van der Waals surface area contributed by atoms with Crippen LogP contribution >= 0.6 is 11.8 Å². The van der Waals surface area contributed by atoms with Crippen LogP contribution in [0.4, 0.5) is 18.0 Å². The van der Waals surface area contributed by atoms with Crippen LogP contribution in [0.25, 0.3) is 5.65 Å². The van der Waals surface area contributed by atoms with Crippen LogP contribution in [0.1, 0.15) is 53.9 Å². The molecule has 0 bridgehead atoms. The van der Waals surface area contributed by atoms with E-state index in [0.29, 0.717) is 31.6 Å². The molecule has 1 aliphatic carbocycles. The molecule has 164 valence electrons. The molecular weight excluding hydrogens is 417 g/mol. The van der Waals surface area contributed by atoms with Crippen molar-refractivity contribution < 1.29 is 22.7 Å². The Morgan fingerprint density at radius 1 is 1.23 bits per heavy atom. The van der Waals surface area contributed by atoms with Crippen LogP contribution in [-0.2, 0) is 4.74 Å². The number of fused-ring (bicyclic) bond motifs is 1. The van der Waals surface area contributed by atoms with Gasteiger partial charge in [-0.15, -0.1) is 11.8 Å². The molecule has 2 fully saturated rings. The average molecular weight is 443 g/mol. The van der Waals surface area contributed by atoms with Crippen LogP contribution in [0.3, 0.4) is 0 Å². The Bertz CT molecular complexity index is 925. The number of nitrogens with zero attached hydrogens (tertiary/aromatic N) is 4. The lowest BCUT2D eigenvalue weighted by Crippen LogP contribution is -2.39. The Labute approximate surface area is 177 Å². The molecule has 3 heterocycles. The van der Waals surface area contributed by atoms with Crippen LogP contribution in [-0.4, -0.2) is 57.7 Å². The van der Waals surface area contributed by atoms with E-state index in [1.54, 1.807) is 21.2 Å². The van der Waals surface area contributed by atoms with Crippen molar-refractivity contribution in [3.05, 3.63) is 29.2 Å². The average Bonchev–Trinajstić information content (AvgIpc) is 3.16. The smallest absolute Gasteiger partial charge is 0.409 e. The van der Waals surface area contributed by atoms with Crippen molar-refractivity contribution in [3.8, 4) is 0 Å². The van der Waals surface area contributed by atoms with Crippen LogP contribution in [0, 0.1) is 12.8 Å². The third kappa shape index (κ3) is 4.24. The summed E-state index contributed by atoms with van der Waals surface area (Å²) >= 11 is 1.76. The zero-order chi connectivity index (χ0) is 21.5. The predicted octanol–water partition coefficient (Wildman–Crippen LogP) is 4.73. The van der Waals surface area contributed by atoms with E-state index in [0.717, 1.165) is 22.8 Å². The number of aryl methyl sites for hydroxylation is 1. The lowest BCUT2D eigenvalue weighted by molar-refractivity contribution is -0.182. The summed E-state index contributed by atoms with van der Waals surface area (Å²) in [5, 5.41) is 4.78. The maximum atomic E-state index is 13.0. The number of carbonyl (C=O) groups is 1. The maximum Gasteiger partial charge on any atom is 0.409 e.